The first kappa shape index (κ1) is 45.2. The van der Waals surface area contributed by atoms with E-state index in [4.69, 9.17) is 21.4 Å². The summed E-state index contributed by atoms with van der Waals surface area (Å²) in [5.41, 5.74) is 6.00. The maximum atomic E-state index is 12.3. The summed E-state index contributed by atoms with van der Waals surface area (Å²) in [5, 5.41) is 42.5. The number of tetrazole rings is 1. The van der Waals surface area contributed by atoms with Crippen LogP contribution in [-0.4, -0.2) is 90.0 Å². The molecule has 2 atom stereocenters. The lowest BCUT2D eigenvalue weighted by molar-refractivity contribution is -0.139. The monoisotopic (exact) mass is 641 g/mol. The first-order chi connectivity index (χ1) is 20.6. The Labute approximate surface area is 266 Å². The van der Waals surface area contributed by atoms with E-state index in [1.54, 1.807) is 20.8 Å². The average Bonchev–Trinajstić information content (AvgIpc) is 3.44. The molecule has 2 unspecified atom stereocenters. The van der Waals surface area contributed by atoms with Crippen molar-refractivity contribution in [3.63, 3.8) is 0 Å². The highest BCUT2D eigenvalue weighted by Gasteiger charge is 2.26. The van der Waals surface area contributed by atoms with Gasteiger partial charge in [-0.15, -0.1) is 10.2 Å². The highest BCUT2D eigenvalue weighted by atomic mass is 16.4. The Balaban J connectivity index is -0.000000671. The summed E-state index contributed by atoms with van der Waals surface area (Å²) in [6, 6.07) is -1.77. The van der Waals surface area contributed by atoms with Gasteiger partial charge in [0.15, 0.2) is 11.6 Å². The van der Waals surface area contributed by atoms with Crippen molar-refractivity contribution in [2.24, 2.45) is 22.6 Å². The summed E-state index contributed by atoms with van der Waals surface area (Å²) in [6.07, 6.45) is -0.859. The molecule has 258 valence electrons. The second-order valence-corrected chi connectivity index (χ2v) is 11.4. The molecule has 1 aromatic heterocycles. The molecular formula is C29H55N9O7. The normalized spacial score (nSPS) is 12.0. The van der Waals surface area contributed by atoms with E-state index in [2.05, 4.69) is 36.3 Å². The second kappa shape index (κ2) is 25.1. The van der Waals surface area contributed by atoms with Gasteiger partial charge in [-0.3, -0.25) is 29.0 Å². The van der Waals surface area contributed by atoms with Crippen LogP contribution in [-0.2, 0) is 24.0 Å². The average molecular weight is 642 g/mol. The van der Waals surface area contributed by atoms with E-state index in [-0.39, 0.29) is 25.7 Å². The minimum atomic E-state index is -1.12. The maximum Gasteiger partial charge on any atom is 0.303 e. The second-order valence-electron chi connectivity index (χ2n) is 11.4. The molecule has 0 aliphatic carbocycles. The third-order valence-corrected chi connectivity index (χ3v) is 5.46. The number of aromatic nitrogens is 4. The summed E-state index contributed by atoms with van der Waals surface area (Å²) in [5.74, 6) is -1.95. The summed E-state index contributed by atoms with van der Waals surface area (Å²) < 4.78 is 0. The number of rotatable bonds is 14. The molecule has 2 amide bonds. The van der Waals surface area contributed by atoms with Crippen LogP contribution in [0.2, 0.25) is 0 Å². The Bertz CT molecular complexity index is 1070. The van der Waals surface area contributed by atoms with Crippen LogP contribution >= 0.6 is 0 Å². The molecule has 0 aromatic carbocycles. The number of aliphatic imine (C=N–C) groups is 1. The van der Waals surface area contributed by atoms with E-state index in [0.717, 1.165) is 11.5 Å². The van der Waals surface area contributed by atoms with Gasteiger partial charge in [-0.05, 0) is 53.4 Å². The Hall–Kier alpha value is -4.24. The van der Waals surface area contributed by atoms with E-state index in [0.29, 0.717) is 23.7 Å². The molecule has 16 nitrogen and oxygen atoms in total. The van der Waals surface area contributed by atoms with Gasteiger partial charge in [0.25, 0.3) is 0 Å². The molecular weight excluding hydrogens is 586 g/mol. The van der Waals surface area contributed by atoms with Gasteiger partial charge in [-0.1, -0.05) is 46.8 Å². The van der Waals surface area contributed by atoms with Crippen molar-refractivity contribution in [3.05, 3.63) is 5.82 Å². The lowest BCUT2D eigenvalue weighted by Gasteiger charge is -2.22. The number of ketones is 1. The molecule has 1 heterocycles. The standard InChI is InChI=1S/C15H24N2O7.C5H12N2.C5H11N.C4H8N4/c1-8(2)14(23)17-11(5-7-13(21)22)15(24)16-10(9(3)18)4-6-12(19)20;1-4(2)7-5(3)6;1-4(2)5(3)6;1-3(2)4-5-7-8-6-4/h8,10-11H,4-7H2,1-3H3,(H,16,24)(H,17,23)(H,19,20)(H,21,22);4H,1-3H3,(H2,6,7);4,6H,1-3H3;3H,1-2H3,(H,5,6,7,8). The number of hydrogen-bond donors (Lipinski definition) is 7. The number of aromatic amines is 1. The molecule has 0 saturated heterocycles. The molecule has 0 radical (unpaired) electrons. The molecule has 1 rings (SSSR count). The van der Waals surface area contributed by atoms with Gasteiger partial charge >= 0.3 is 11.9 Å². The number of aliphatic carboxylic acids is 2. The van der Waals surface area contributed by atoms with Crippen molar-refractivity contribution in [2.75, 3.05) is 0 Å². The highest BCUT2D eigenvalue weighted by molar-refractivity contribution is 5.92. The van der Waals surface area contributed by atoms with Crippen LogP contribution in [0.4, 0.5) is 0 Å². The lowest BCUT2D eigenvalue weighted by atomic mass is 10.0. The smallest absolute Gasteiger partial charge is 0.303 e. The van der Waals surface area contributed by atoms with E-state index in [1.165, 1.54) is 6.92 Å². The van der Waals surface area contributed by atoms with Gasteiger partial charge in [-0.25, -0.2) is 0 Å². The SMILES string of the molecule is CC(=N)C(C)C.CC(=O)C(CCC(=O)O)NC(=O)C(CCC(=O)O)NC(=O)C(C)C.CC(C)c1nn[nH]n1.CC(N)=NC(C)C. The number of amidine groups is 1. The summed E-state index contributed by atoms with van der Waals surface area (Å²) >= 11 is 0. The number of carbonyl (C=O) groups is 5. The molecule has 0 aliphatic heterocycles. The zero-order valence-corrected chi connectivity index (χ0v) is 28.6. The van der Waals surface area contributed by atoms with Crippen molar-refractivity contribution in [2.45, 2.75) is 126 Å². The minimum absolute atomic E-state index is 0.0832. The lowest BCUT2D eigenvalue weighted by Crippen LogP contribution is -2.52. The van der Waals surface area contributed by atoms with E-state index >= 15 is 0 Å². The molecule has 0 fully saturated rings. The quantitative estimate of drug-likeness (QED) is 0.115. The van der Waals surface area contributed by atoms with Crippen LogP contribution in [0, 0.1) is 17.2 Å². The van der Waals surface area contributed by atoms with Crippen LogP contribution in [0.25, 0.3) is 0 Å². The molecule has 0 bridgehead atoms. The molecule has 16 heteroatoms. The van der Waals surface area contributed by atoms with Gasteiger partial charge in [0.2, 0.25) is 11.8 Å². The van der Waals surface area contributed by atoms with Crippen LogP contribution in [0.5, 0.6) is 0 Å². The van der Waals surface area contributed by atoms with Gasteiger partial charge in [0.1, 0.15) is 6.04 Å². The number of nitrogens with two attached hydrogens (primary N) is 1. The Kier molecular flexibility index (Phi) is 25.2. The molecule has 0 saturated carbocycles. The number of nitrogens with zero attached hydrogens (tertiary/aromatic N) is 4. The summed E-state index contributed by atoms with van der Waals surface area (Å²) in [6.45, 7) is 20.1. The van der Waals surface area contributed by atoms with Crippen LogP contribution in [0.15, 0.2) is 4.99 Å². The Morgan fingerprint density at radius 3 is 1.51 bits per heavy atom. The Morgan fingerprint density at radius 1 is 0.822 bits per heavy atom. The summed E-state index contributed by atoms with van der Waals surface area (Å²) in [7, 11) is 0. The predicted octanol–water partition coefficient (Wildman–Crippen LogP) is 2.71. The number of carboxylic acid groups (broad SMARTS) is 2. The highest BCUT2D eigenvalue weighted by Crippen LogP contribution is 2.05. The maximum absolute atomic E-state index is 12.3. The fourth-order valence-electron chi connectivity index (χ4n) is 2.61. The number of H-pyrrole nitrogens is 1. The third-order valence-electron chi connectivity index (χ3n) is 5.46. The topological polar surface area (TPSA) is 267 Å². The number of carbonyl (C=O) groups excluding carboxylic acids is 3. The van der Waals surface area contributed by atoms with Gasteiger partial charge < -0.3 is 32.0 Å². The fraction of sp³-hybridized carbons (Fsp3) is 0.724. The van der Waals surface area contributed by atoms with Gasteiger partial charge in [-0.2, -0.15) is 5.21 Å². The van der Waals surface area contributed by atoms with Crippen molar-refractivity contribution < 1.29 is 34.2 Å². The first-order valence-corrected chi connectivity index (χ1v) is 14.7. The minimum Gasteiger partial charge on any atom is -0.481 e. The Morgan fingerprint density at radius 2 is 1.27 bits per heavy atom. The van der Waals surface area contributed by atoms with Crippen molar-refractivity contribution in [1.82, 2.24) is 31.3 Å². The van der Waals surface area contributed by atoms with Crippen LogP contribution in [0.1, 0.15) is 114 Å². The number of hydrogen-bond acceptors (Lipinski definition) is 10. The van der Waals surface area contributed by atoms with E-state index < -0.39 is 47.5 Å². The zero-order valence-electron chi connectivity index (χ0n) is 28.6. The fourth-order valence-corrected chi connectivity index (χ4v) is 2.61. The number of Topliss-reactive ketones (excluding diaryl/α,β-unsaturated/α-hetero) is 1. The van der Waals surface area contributed by atoms with Crippen LogP contribution < -0.4 is 16.4 Å². The number of amides is 2. The van der Waals surface area contributed by atoms with Crippen molar-refractivity contribution in [3.8, 4) is 0 Å². The van der Waals surface area contributed by atoms with Crippen molar-refractivity contribution >= 4 is 41.1 Å². The molecule has 0 aliphatic rings. The van der Waals surface area contributed by atoms with Gasteiger partial charge in [0, 0.05) is 36.4 Å². The third kappa shape index (κ3) is 28.3. The molecule has 8 N–H and O–H groups in total. The summed E-state index contributed by atoms with van der Waals surface area (Å²) in [4.78, 5) is 60.8. The number of carboxylic acids is 2. The molecule has 0 spiro atoms. The van der Waals surface area contributed by atoms with Gasteiger partial charge in [0.05, 0.1) is 11.9 Å². The van der Waals surface area contributed by atoms with E-state index in [1.807, 2.05) is 48.5 Å². The van der Waals surface area contributed by atoms with E-state index in [9.17, 15) is 24.0 Å². The van der Waals surface area contributed by atoms with Crippen molar-refractivity contribution in [1.29, 1.82) is 5.41 Å². The zero-order chi connectivity index (χ0) is 35.9. The largest absolute Gasteiger partial charge is 0.481 e. The number of nitrogens with one attached hydrogen (secondary N) is 4. The van der Waals surface area contributed by atoms with Crippen LogP contribution in [0.3, 0.4) is 0 Å². The molecule has 1 aromatic rings. The predicted molar refractivity (Wildman–Crippen MR) is 172 cm³/mol. The molecule has 45 heavy (non-hydrogen) atoms. The first-order valence-electron chi connectivity index (χ1n) is 14.7.